The van der Waals surface area contributed by atoms with Crippen molar-refractivity contribution in [2.75, 3.05) is 25.7 Å². The quantitative estimate of drug-likeness (QED) is 0.873. The molecule has 2 aromatic rings. The summed E-state index contributed by atoms with van der Waals surface area (Å²) < 4.78 is 10.3. The first-order valence-electron chi connectivity index (χ1n) is 8.10. The number of anilines is 1. The van der Waals surface area contributed by atoms with Gasteiger partial charge in [-0.2, -0.15) is 0 Å². The Balaban J connectivity index is 1.71. The van der Waals surface area contributed by atoms with Crippen LogP contribution in [0.4, 0.5) is 5.69 Å². The number of carbonyl (C=O) groups excluding carboxylic acids is 2. The van der Waals surface area contributed by atoms with Crippen molar-refractivity contribution >= 4 is 29.1 Å². The first-order valence-corrected chi connectivity index (χ1v) is 8.48. The van der Waals surface area contributed by atoms with Crippen molar-refractivity contribution < 1.29 is 19.1 Å². The lowest BCUT2D eigenvalue weighted by molar-refractivity contribution is -0.117. The summed E-state index contributed by atoms with van der Waals surface area (Å²) in [6.07, 6.45) is 0.237. The molecule has 7 heteroatoms. The third kappa shape index (κ3) is 3.75. The molecule has 26 heavy (non-hydrogen) atoms. The number of hydrogen-bond acceptors (Lipinski definition) is 4. The minimum atomic E-state index is -0.321. The van der Waals surface area contributed by atoms with E-state index in [1.165, 1.54) is 7.11 Å². The SMILES string of the molecule is COc1ccc(N2C[C@@H](NC(=O)c3cc(Cl)ccc3OC)CC2=O)cc1. The van der Waals surface area contributed by atoms with Crippen molar-refractivity contribution in [3.8, 4) is 11.5 Å². The van der Waals surface area contributed by atoms with Crippen molar-refractivity contribution in [1.29, 1.82) is 0 Å². The van der Waals surface area contributed by atoms with Gasteiger partial charge >= 0.3 is 0 Å². The Kier molecular flexibility index (Phi) is 5.32. The second kappa shape index (κ2) is 7.66. The number of carbonyl (C=O) groups is 2. The predicted octanol–water partition coefficient (Wildman–Crippen LogP) is 2.89. The van der Waals surface area contributed by atoms with Crippen LogP contribution >= 0.6 is 11.6 Å². The molecule has 0 saturated carbocycles. The van der Waals surface area contributed by atoms with Gasteiger partial charge in [-0.05, 0) is 42.5 Å². The smallest absolute Gasteiger partial charge is 0.255 e. The summed E-state index contributed by atoms with van der Waals surface area (Å²) in [5, 5.41) is 3.33. The van der Waals surface area contributed by atoms with Gasteiger partial charge in [0.15, 0.2) is 0 Å². The summed E-state index contributed by atoms with van der Waals surface area (Å²) in [5.41, 5.74) is 1.11. The van der Waals surface area contributed by atoms with Crippen LogP contribution in [0.3, 0.4) is 0 Å². The van der Waals surface area contributed by atoms with Gasteiger partial charge in [-0.15, -0.1) is 0 Å². The van der Waals surface area contributed by atoms with Crippen LogP contribution in [0.25, 0.3) is 0 Å². The van der Waals surface area contributed by atoms with E-state index in [2.05, 4.69) is 5.32 Å². The highest BCUT2D eigenvalue weighted by Crippen LogP contribution is 2.26. The maximum atomic E-state index is 12.6. The van der Waals surface area contributed by atoms with Crippen molar-refractivity contribution in [3.63, 3.8) is 0 Å². The molecule has 3 rings (SSSR count). The second-order valence-electron chi connectivity index (χ2n) is 5.92. The number of methoxy groups -OCH3 is 2. The van der Waals surface area contributed by atoms with E-state index in [0.29, 0.717) is 22.9 Å². The molecular weight excluding hydrogens is 356 g/mol. The van der Waals surface area contributed by atoms with E-state index in [-0.39, 0.29) is 24.3 Å². The van der Waals surface area contributed by atoms with E-state index >= 15 is 0 Å². The number of benzene rings is 2. The van der Waals surface area contributed by atoms with E-state index in [0.717, 1.165) is 11.4 Å². The van der Waals surface area contributed by atoms with Gasteiger partial charge in [-0.3, -0.25) is 9.59 Å². The molecule has 0 aliphatic carbocycles. The molecule has 1 fully saturated rings. The minimum Gasteiger partial charge on any atom is -0.497 e. The molecule has 0 bridgehead atoms. The van der Waals surface area contributed by atoms with Crippen LogP contribution in [0.2, 0.25) is 5.02 Å². The Morgan fingerprint density at radius 3 is 2.54 bits per heavy atom. The minimum absolute atomic E-state index is 0.0430. The molecule has 1 atom stereocenters. The van der Waals surface area contributed by atoms with Gasteiger partial charge in [0.1, 0.15) is 11.5 Å². The second-order valence-corrected chi connectivity index (χ2v) is 6.36. The molecule has 6 nitrogen and oxygen atoms in total. The Hall–Kier alpha value is -2.73. The zero-order valence-corrected chi connectivity index (χ0v) is 15.2. The Morgan fingerprint density at radius 2 is 1.88 bits per heavy atom. The largest absolute Gasteiger partial charge is 0.497 e. The van der Waals surface area contributed by atoms with Crippen molar-refractivity contribution in [2.24, 2.45) is 0 Å². The normalized spacial score (nSPS) is 16.5. The molecule has 0 unspecified atom stereocenters. The molecule has 1 aliphatic heterocycles. The van der Waals surface area contributed by atoms with Crippen molar-refractivity contribution in [2.45, 2.75) is 12.5 Å². The molecule has 1 N–H and O–H groups in total. The topological polar surface area (TPSA) is 67.9 Å². The van der Waals surface area contributed by atoms with E-state index < -0.39 is 0 Å². The summed E-state index contributed by atoms with van der Waals surface area (Å²) >= 11 is 5.98. The number of ether oxygens (including phenoxy) is 2. The monoisotopic (exact) mass is 374 g/mol. The van der Waals surface area contributed by atoms with Gasteiger partial charge < -0.3 is 19.7 Å². The van der Waals surface area contributed by atoms with E-state index in [4.69, 9.17) is 21.1 Å². The molecule has 0 radical (unpaired) electrons. The maximum Gasteiger partial charge on any atom is 0.255 e. The Morgan fingerprint density at radius 1 is 1.15 bits per heavy atom. The average molecular weight is 375 g/mol. The van der Waals surface area contributed by atoms with Crippen LogP contribution in [0.15, 0.2) is 42.5 Å². The molecule has 2 amide bonds. The fourth-order valence-electron chi connectivity index (χ4n) is 2.94. The third-order valence-electron chi connectivity index (χ3n) is 4.25. The lowest BCUT2D eigenvalue weighted by Gasteiger charge is -2.18. The summed E-state index contributed by atoms with van der Waals surface area (Å²) in [6.45, 7) is 0.403. The number of nitrogens with zero attached hydrogens (tertiary/aromatic N) is 1. The number of hydrogen-bond donors (Lipinski definition) is 1. The van der Waals surface area contributed by atoms with E-state index in [1.54, 1.807) is 42.3 Å². The molecule has 1 saturated heterocycles. The maximum absolute atomic E-state index is 12.6. The molecule has 1 heterocycles. The van der Waals surface area contributed by atoms with Crippen molar-refractivity contribution in [3.05, 3.63) is 53.1 Å². The third-order valence-corrected chi connectivity index (χ3v) is 4.49. The highest BCUT2D eigenvalue weighted by molar-refractivity contribution is 6.31. The number of halogens is 1. The highest BCUT2D eigenvalue weighted by atomic mass is 35.5. The van der Waals surface area contributed by atoms with Gasteiger partial charge in [0.2, 0.25) is 5.91 Å². The van der Waals surface area contributed by atoms with Crippen LogP contribution in [0.5, 0.6) is 11.5 Å². The van der Waals surface area contributed by atoms with Gasteiger partial charge in [0.05, 0.1) is 25.8 Å². The fourth-order valence-corrected chi connectivity index (χ4v) is 3.11. The first-order chi connectivity index (χ1) is 12.5. The lowest BCUT2D eigenvalue weighted by atomic mass is 10.1. The number of amides is 2. The zero-order chi connectivity index (χ0) is 18.7. The van der Waals surface area contributed by atoms with E-state index in [9.17, 15) is 9.59 Å². The summed E-state index contributed by atoms with van der Waals surface area (Å²) in [7, 11) is 3.08. The Labute approximate surface area is 156 Å². The Bertz CT molecular complexity index is 823. The predicted molar refractivity (Wildman–Crippen MR) is 99.2 cm³/mol. The van der Waals surface area contributed by atoms with Gasteiger partial charge in [-0.25, -0.2) is 0 Å². The lowest BCUT2D eigenvalue weighted by Crippen LogP contribution is -2.37. The molecule has 136 valence electrons. The standard InChI is InChI=1S/C19H19ClN2O4/c1-25-15-6-4-14(5-7-15)22-11-13(10-18(22)23)21-19(24)16-9-12(20)3-8-17(16)26-2/h3-9,13H,10-11H2,1-2H3,(H,21,24)/t13-/m0/s1. The van der Waals surface area contributed by atoms with Crippen LogP contribution in [0, 0.1) is 0 Å². The summed E-state index contributed by atoms with van der Waals surface area (Å²) in [4.78, 5) is 26.6. The van der Waals surface area contributed by atoms with Crippen LogP contribution in [-0.2, 0) is 4.79 Å². The zero-order valence-electron chi connectivity index (χ0n) is 14.5. The number of rotatable bonds is 5. The highest BCUT2D eigenvalue weighted by Gasteiger charge is 2.32. The molecule has 0 aromatic heterocycles. The van der Waals surface area contributed by atoms with Crippen LogP contribution in [0.1, 0.15) is 16.8 Å². The average Bonchev–Trinajstić information content (AvgIpc) is 3.01. The van der Waals surface area contributed by atoms with Crippen LogP contribution in [-0.4, -0.2) is 38.6 Å². The molecule has 2 aromatic carbocycles. The van der Waals surface area contributed by atoms with E-state index in [1.807, 2.05) is 12.1 Å². The summed E-state index contributed by atoms with van der Waals surface area (Å²) in [5.74, 6) is 0.791. The molecule has 1 aliphatic rings. The van der Waals surface area contributed by atoms with Crippen LogP contribution < -0.4 is 19.7 Å². The van der Waals surface area contributed by atoms with Gasteiger partial charge in [0, 0.05) is 23.7 Å². The fraction of sp³-hybridized carbons (Fsp3) is 0.263. The van der Waals surface area contributed by atoms with Gasteiger partial charge in [0.25, 0.3) is 5.91 Å². The van der Waals surface area contributed by atoms with Crippen molar-refractivity contribution in [1.82, 2.24) is 5.32 Å². The number of nitrogens with one attached hydrogen (secondary N) is 1. The molecular formula is C19H19ClN2O4. The first kappa shape index (κ1) is 18.1. The van der Waals surface area contributed by atoms with Gasteiger partial charge in [-0.1, -0.05) is 11.6 Å². The molecule has 0 spiro atoms. The summed E-state index contributed by atoms with van der Waals surface area (Å²) in [6, 6.07) is 11.8.